The van der Waals surface area contributed by atoms with E-state index in [4.69, 9.17) is 5.11 Å². The van der Waals surface area contributed by atoms with Crippen LogP contribution >= 0.6 is 21.6 Å². The molecule has 0 aromatic carbocycles. The predicted molar refractivity (Wildman–Crippen MR) is 106 cm³/mol. The molecule has 1 aliphatic heterocycles. The molecule has 0 aromatic heterocycles. The van der Waals surface area contributed by atoms with Gasteiger partial charge in [0.1, 0.15) is 0 Å². The minimum absolute atomic E-state index is 0.226. The van der Waals surface area contributed by atoms with Gasteiger partial charge in [-0.2, -0.15) is 0 Å². The first-order valence-electron chi connectivity index (χ1n) is 8.70. The Morgan fingerprint density at radius 2 is 1.65 bits per heavy atom. The van der Waals surface area contributed by atoms with Crippen LogP contribution in [0.25, 0.3) is 0 Å². The number of hydrogen-bond donors (Lipinski definition) is 1. The maximum absolute atomic E-state index is 9.07. The summed E-state index contributed by atoms with van der Waals surface area (Å²) in [6, 6.07) is 0. The Hall–Kier alpha value is 0.540. The summed E-state index contributed by atoms with van der Waals surface area (Å²) in [5.41, 5.74) is 0.226. The first-order chi connectivity index (χ1) is 10.7. The topological polar surface area (TPSA) is 30.0 Å². The van der Waals surface area contributed by atoms with Crippen LogP contribution in [-0.4, -0.2) is 95.8 Å². The van der Waals surface area contributed by atoms with Crippen LogP contribution in [0.2, 0.25) is 0 Å². The number of β-amino-alcohol motifs (C(OH)–C–C–N with tert-alkyl or cyclic N) is 1. The highest BCUT2D eigenvalue weighted by molar-refractivity contribution is 8.77. The van der Waals surface area contributed by atoms with Gasteiger partial charge in [0.2, 0.25) is 0 Å². The van der Waals surface area contributed by atoms with Crippen molar-refractivity contribution >= 4 is 21.6 Å². The second-order valence-electron chi connectivity index (χ2n) is 8.01. The Labute approximate surface area is 151 Å². The number of piperazine rings is 1. The van der Waals surface area contributed by atoms with Gasteiger partial charge in [0.15, 0.2) is 0 Å². The van der Waals surface area contributed by atoms with Gasteiger partial charge in [0.05, 0.1) is 6.61 Å². The number of aliphatic hydroxyl groups excluding tert-OH is 1. The highest BCUT2D eigenvalue weighted by Gasteiger charge is 2.35. The van der Waals surface area contributed by atoms with Gasteiger partial charge in [-0.15, -0.1) is 0 Å². The first kappa shape index (κ1) is 21.6. The summed E-state index contributed by atoms with van der Waals surface area (Å²) in [5.74, 6) is 1.18. The van der Waals surface area contributed by atoms with Crippen molar-refractivity contribution in [2.75, 3.05) is 65.7 Å². The van der Waals surface area contributed by atoms with E-state index in [9.17, 15) is 0 Å². The van der Waals surface area contributed by atoms with E-state index in [-0.39, 0.29) is 16.9 Å². The summed E-state index contributed by atoms with van der Waals surface area (Å²) in [7, 11) is 8.31. The average molecular weight is 364 g/mol. The van der Waals surface area contributed by atoms with Crippen LogP contribution in [0.5, 0.6) is 0 Å². The minimum Gasteiger partial charge on any atom is -0.395 e. The summed E-state index contributed by atoms with van der Waals surface area (Å²) in [5, 5.41) is 9.07. The molecule has 0 radical (unpaired) electrons. The molecule has 1 N–H and O–H groups in total. The Morgan fingerprint density at radius 3 is 2.17 bits per heavy atom. The largest absolute Gasteiger partial charge is 0.395 e. The zero-order valence-electron chi connectivity index (χ0n) is 16.0. The van der Waals surface area contributed by atoms with E-state index in [0.29, 0.717) is 0 Å². The lowest BCUT2D eigenvalue weighted by molar-refractivity contribution is 0.0375. The van der Waals surface area contributed by atoms with Crippen molar-refractivity contribution < 1.29 is 5.11 Å². The lowest BCUT2D eigenvalue weighted by Gasteiger charge is -2.46. The molecule has 138 valence electrons. The summed E-state index contributed by atoms with van der Waals surface area (Å²) in [6.07, 6.45) is 1.19. The van der Waals surface area contributed by atoms with Crippen LogP contribution in [0.1, 0.15) is 34.1 Å². The molecule has 0 bridgehead atoms. The number of hydrogen-bond acceptors (Lipinski definition) is 6. The Kier molecular flexibility index (Phi) is 9.27. The third-order valence-corrected chi connectivity index (χ3v) is 7.68. The van der Waals surface area contributed by atoms with Crippen LogP contribution in [0.3, 0.4) is 0 Å². The molecule has 0 saturated carbocycles. The number of nitrogens with zero attached hydrogens (tertiary/aromatic N) is 3. The smallest absolute Gasteiger partial charge is 0.0558 e. The van der Waals surface area contributed by atoms with Crippen LogP contribution in [0.15, 0.2) is 0 Å². The summed E-state index contributed by atoms with van der Waals surface area (Å²) in [4.78, 5) is 7.24. The Balaban J connectivity index is 2.40. The Morgan fingerprint density at radius 1 is 1.04 bits per heavy atom. The van der Waals surface area contributed by atoms with E-state index in [2.05, 4.69) is 56.5 Å². The Bertz CT molecular complexity index is 330. The van der Waals surface area contributed by atoms with E-state index >= 15 is 0 Å². The van der Waals surface area contributed by atoms with E-state index < -0.39 is 0 Å². The maximum Gasteiger partial charge on any atom is 0.0558 e. The van der Waals surface area contributed by atoms with E-state index in [1.807, 2.05) is 21.6 Å². The molecule has 0 aromatic rings. The molecule has 6 heteroatoms. The van der Waals surface area contributed by atoms with Crippen molar-refractivity contribution in [3.05, 3.63) is 0 Å². The number of aliphatic hydroxyl groups is 1. The quantitative estimate of drug-likeness (QED) is 0.474. The van der Waals surface area contributed by atoms with Crippen molar-refractivity contribution in [2.24, 2.45) is 0 Å². The molecule has 1 aliphatic rings. The SMILES string of the molecule is CN(C)CCSSC(C)(C)CC(C)(C)N1CCN(CCO)CC1. The van der Waals surface area contributed by atoms with Gasteiger partial charge in [-0.25, -0.2) is 0 Å². The van der Waals surface area contributed by atoms with E-state index in [1.54, 1.807) is 0 Å². The van der Waals surface area contributed by atoms with Gasteiger partial charge in [0, 0.05) is 55.3 Å². The third-order valence-electron chi connectivity index (χ3n) is 4.41. The monoisotopic (exact) mass is 363 g/mol. The molecule has 1 saturated heterocycles. The number of rotatable bonds is 10. The van der Waals surface area contributed by atoms with E-state index in [0.717, 1.165) is 39.3 Å². The lowest BCUT2D eigenvalue weighted by Crippen LogP contribution is -2.56. The van der Waals surface area contributed by atoms with Crippen molar-refractivity contribution in [1.29, 1.82) is 0 Å². The summed E-state index contributed by atoms with van der Waals surface area (Å²) >= 11 is 0. The molecule has 0 spiro atoms. The van der Waals surface area contributed by atoms with Gasteiger partial charge in [-0.05, 0) is 48.2 Å². The van der Waals surface area contributed by atoms with Crippen LogP contribution in [-0.2, 0) is 0 Å². The first-order valence-corrected chi connectivity index (χ1v) is 11.0. The van der Waals surface area contributed by atoms with Gasteiger partial charge in [0.25, 0.3) is 0 Å². The highest BCUT2D eigenvalue weighted by Crippen LogP contribution is 2.42. The van der Waals surface area contributed by atoms with Gasteiger partial charge < -0.3 is 10.0 Å². The van der Waals surface area contributed by atoms with Crippen molar-refractivity contribution in [3.63, 3.8) is 0 Å². The lowest BCUT2D eigenvalue weighted by atomic mass is 9.89. The maximum atomic E-state index is 9.07. The fourth-order valence-corrected chi connectivity index (χ4v) is 6.18. The predicted octanol–water partition coefficient (Wildman–Crippen LogP) is 2.49. The second kappa shape index (κ2) is 9.88. The third kappa shape index (κ3) is 8.45. The van der Waals surface area contributed by atoms with Crippen molar-refractivity contribution in [3.8, 4) is 0 Å². The zero-order chi connectivity index (χ0) is 17.5. The highest BCUT2D eigenvalue weighted by atomic mass is 33.1. The minimum atomic E-state index is 0.226. The second-order valence-corrected chi connectivity index (χ2v) is 11.1. The fraction of sp³-hybridized carbons (Fsp3) is 1.00. The molecule has 1 fully saturated rings. The van der Waals surface area contributed by atoms with Crippen LogP contribution < -0.4 is 0 Å². The molecule has 0 atom stereocenters. The molecule has 4 nitrogen and oxygen atoms in total. The molecular weight excluding hydrogens is 326 g/mol. The van der Waals surface area contributed by atoms with Gasteiger partial charge in [-0.3, -0.25) is 9.80 Å². The van der Waals surface area contributed by atoms with Crippen LogP contribution in [0, 0.1) is 0 Å². The van der Waals surface area contributed by atoms with Gasteiger partial charge >= 0.3 is 0 Å². The molecule has 0 amide bonds. The molecular formula is C17H37N3OS2. The summed E-state index contributed by atoms with van der Waals surface area (Å²) < 4.78 is 0.280. The van der Waals surface area contributed by atoms with Crippen molar-refractivity contribution in [2.45, 2.75) is 44.4 Å². The molecule has 0 unspecified atom stereocenters. The normalized spacial score (nSPS) is 18.8. The molecule has 0 aliphatic carbocycles. The van der Waals surface area contributed by atoms with Crippen LogP contribution in [0.4, 0.5) is 0 Å². The van der Waals surface area contributed by atoms with Crippen molar-refractivity contribution in [1.82, 2.24) is 14.7 Å². The van der Waals surface area contributed by atoms with Gasteiger partial charge in [-0.1, -0.05) is 21.6 Å². The molecule has 1 heterocycles. The zero-order valence-corrected chi connectivity index (χ0v) is 17.6. The standard InChI is InChI=1S/C17H37N3OS2/c1-16(2,20-9-7-19(8-10-20)11-13-21)15-17(3,4)23-22-14-12-18(5)6/h21H,7-15H2,1-6H3. The summed E-state index contributed by atoms with van der Waals surface area (Å²) in [6.45, 7) is 16.2. The van der Waals surface area contributed by atoms with E-state index in [1.165, 1.54) is 12.2 Å². The average Bonchev–Trinajstić information content (AvgIpc) is 2.43. The molecule has 23 heavy (non-hydrogen) atoms. The fourth-order valence-electron chi connectivity index (χ4n) is 3.32. The molecule has 1 rings (SSSR count).